The monoisotopic (exact) mass is 521 g/mol. The van der Waals surface area contributed by atoms with Crippen LogP contribution in [0.1, 0.15) is 31.2 Å². The van der Waals surface area contributed by atoms with Crippen LogP contribution < -0.4 is 10.6 Å². The lowest BCUT2D eigenvalue weighted by Crippen LogP contribution is -2.59. The molecule has 1 aromatic carbocycles. The number of ether oxygens (including phenoxy) is 2. The Balaban J connectivity index is 1.82. The highest BCUT2D eigenvalue weighted by Gasteiger charge is 2.43. The molecule has 2 amide bonds. The van der Waals surface area contributed by atoms with Gasteiger partial charge in [-0.05, 0) is 30.0 Å². The van der Waals surface area contributed by atoms with Crippen molar-refractivity contribution >= 4 is 18.0 Å². The van der Waals surface area contributed by atoms with Gasteiger partial charge in [-0.25, -0.2) is 9.59 Å². The lowest BCUT2D eigenvalue weighted by Gasteiger charge is -2.38. The van der Waals surface area contributed by atoms with Gasteiger partial charge in [-0.2, -0.15) is 0 Å². The Bertz CT molecular complexity index is 984. The molecule has 14 heteroatoms. The number of carboxylic acid groups (broad SMARTS) is 1. The molecule has 37 heavy (non-hydrogen) atoms. The molecule has 0 aliphatic carbocycles. The van der Waals surface area contributed by atoms with Crippen LogP contribution in [0.25, 0.3) is 10.4 Å². The van der Waals surface area contributed by atoms with E-state index in [0.717, 1.165) is 11.6 Å². The number of nitrogens with zero attached hydrogens (tertiary/aromatic N) is 3. The molecule has 0 fully saturated rings. The molecule has 0 radical (unpaired) electrons. The molecule has 6 N–H and O–H groups in total. The third-order valence-corrected chi connectivity index (χ3v) is 5.51. The van der Waals surface area contributed by atoms with Gasteiger partial charge in [-0.15, -0.1) is 0 Å². The van der Waals surface area contributed by atoms with Crippen LogP contribution in [0.15, 0.2) is 47.3 Å². The smallest absolute Gasteiger partial charge is 0.407 e. The zero-order valence-electron chi connectivity index (χ0n) is 20.0. The predicted octanol–water partition coefficient (Wildman–Crippen LogP) is 0.718. The Kier molecular flexibility index (Phi) is 12.2. The van der Waals surface area contributed by atoms with Crippen LogP contribution in [0.2, 0.25) is 0 Å². The van der Waals surface area contributed by atoms with E-state index < -0.39 is 60.7 Å². The minimum atomic E-state index is -1.79. The van der Waals surface area contributed by atoms with E-state index in [2.05, 4.69) is 20.7 Å². The normalized spacial score (nSPS) is 20.3. The Labute approximate surface area is 212 Å². The number of carboxylic acids is 1. The number of aliphatic hydroxyl groups excluding tert-OH is 3. The third kappa shape index (κ3) is 9.61. The van der Waals surface area contributed by atoms with E-state index >= 15 is 0 Å². The molecule has 0 saturated heterocycles. The Morgan fingerprint density at radius 3 is 2.54 bits per heavy atom. The van der Waals surface area contributed by atoms with Gasteiger partial charge in [0.05, 0.1) is 18.7 Å². The summed E-state index contributed by atoms with van der Waals surface area (Å²) in [7, 11) is 0. The van der Waals surface area contributed by atoms with E-state index in [1.807, 2.05) is 30.3 Å². The molecule has 5 atom stereocenters. The second-order valence-corrected chi connectivity index (χ2v) is 8.25. The molecule has 0 unspecified atom stereocenters. The fourth-order valence-corrected chi connectivity index (χ4v) is 3.59. The van der Waals surface area contributed by atoms with E-state index in [1.54, 1.807) is 0 Å². The topological polar surface area (TPSA) is 223 Å². The molecular weight excluding hydrogens is 490 g/mol. The van der Waals surface area contributed by atoms with Crippen LogP contribution in [0, 0.1) is 0 Å². The van der Waals surface area contributed by atoms with Gasteiger partial charge >= 0.3 is 12.1 Å². The first kappa shape index (κ1) is 29.4. The molecule has 0 spiro atoms. The van der Waals surface area contributed by atoms with E-state index in [9.17, 15) is 29.7 Å². The third-order valence-electron chi connectivity index (χ3n) is 5.51. The number of benzene rings is 1. The lowest BCUT2D eigenvalue weighted by atomic mass is 9.92. The predicted molar refractivity (Wildman–Crippen MR) is 128 cm³/mol. The van der Waals surface area contributed by atoms with Gasteiger partial charge < -0.3 is 40.5 Å². The summed E-state index contributed by atoms with van der Waals surface area (Å²) in [5, 5.41) is 47.2. The van der Waals surface area contributed by atoms with Crippen molar-refractivity contribution in [3.63, 3.8) is 0 Å². The lowest BCUT2D eigenvalue weighted by molar-refractivity contribution is -0.146. The maximum Gasteiger partial charge on any atom is 0.407 e. The molecule has 0 bridgehead atoms. The van der Waals surface area contributed by atoms with Crippen molar-refractivity contribution in [1.29, 1.82) is 0 Å². The summed E-state index contributed by atoms with van der Waals surface area (Å²) in [6.45, 7) is -0.350. The largest absolute Gasteiger partial charge is 0.478 e. The number of carbonyl (C=O) groups is 3. The highest BCUT2D eigenvalue weighted by molar-refractivity contribution is 5.85. The van der Waals surface area contributed by atoms with Crippen molar-refractivity contribution < 1.29 is 44.3 Å². The van der Waals surface area contributed by atoms with Crippen LogP contribution in [0.3, 0.4) is 0 Å². The molecule has 1 aliphatic rings. The van der Waals surface area contributed by atoms with Crippen LogP contribution in [-0.4, -0.2) is 81.9 Å². The van der Waals surface area contributed by atoms with E-state index in [-0.39, 0.29) is 13.0 Å². The SMILES string of the molecule is [N-]=[N+]=N[C@H]1C=C(C(=O)O)O[C@@H]([C@H](O)[C@H](O)CO)[C@@H]1NC(=O)CCCCCNC(=O)OCc1ccccc1. The van der Waals surface area contributed by atoms with Gasteiger partial charge in [-0.3, -0.25) is 4.79 Å². The Hall–Kier alpha value is -3.84. The van der Waals surface area contributed by atoms with E-state index in [1.165, 1.54) is 0 Å². The standard InChI is InChI=1S/C23H31N5O9/c24-28-27-15-11-17(22(33)34)37-21(20(32)16(30)12-29)19(15)26-18(31)9-5-2-6-10-25-23(35)36-13-14-7-3-1-4-8-14/h1,3-4,7-8,11,15-16,19-21,29-30,32H,2,5-6,9-10,12-13H2,(H,25,35)(H,26,31)(H,33,34)/t15-,16+,19+,20+,21+/m0/s1. The fourth-order valence-electron chi connectivity index (χ4n) is 3.59. The number of rotatable bonds is 14. The summed E-state index contributed by atoms with van der Waals surface area (Å²) < 4.78 is 10.3. The van der Waals surface area contributed by atoms with Gasteiger partial charge in [0.25, 0.3) is 0 Å². The first-order valence-corrected chi connectivity index (χ1v) is 11.6. The minimum Gasteiger partial charge on any atom is -0.478 e. The molecule has 1 aliphatic heterocycles. The Morgan fingerprint density at radius 2 is 1.89 bits per heavy atom. The van der Waals surface area contributed by atoms with Gasteiger partial charge in [0.2, 0.25) is 11.7 Å². The first-order chi connectivity index (χ1) is 17.8. The highest BCUT2D eigenvalue weighted by Crippen LogP contribution is 2.25. The summed E-state index contributed by atoms with van der Waals surface area (Å²) in [5.74, 6) is -2.63. The fraction of sp³-hybridized carbons (Fsp3) is 0.522. The van der Waals surface area contributed by atoms with Gasteiger partial charge in [0.1, 0.15) is 24.9 Å². The molecule has 0 aromatic heterocycles. The maximum absolute atomic E-state index is 12.5. The number of amides is 2. The number of hydrogen-bond donors (Lipinski definition) is 6. The summed E-state index contributed by atoms with van der Waals surface area (Å²) in [6, 6.07) is 6.79. The first-order valence-electron chi connectivity index (χ1n) is 11.6. The average Bonchev–Trinajstić information content (AvgIpc) is 2.89. The molecule has 1 aromatic rings. The number of aliphatic carboxylic acids is 1. The molecule has 1 heterocycles. The van der Waals surface area contributed by atoms with Crippen molar-refractivity contribution in [3.8, 4) is 0 Å². The van der Waals surface area contributed by atoms with Crippen LogP contribution >= 0.6 is 0 Å². The number of azide groups is 1. The van der Waals surface area contributed by atoms with Crippen molar-refractivity contribution in [2.24, 2.45) is 5.11 Å². The zero-order chi connectivity index (χ0) is 27.2. The van der Waals surface area contributed by atoms with E-state index in [0.29, 0.717) is 25.8 Å². The zero-order valence-corrected chi connectivity index (χ0v) is 20.0. The number of aliphatic hydroxyl groups is 3. The van der Waals surface area contributed by atoms with Crippen molar-refractivity contribution in [2.75, 3.05) is 13.2 Å². The van der Waals surface area contributed by atoms with E-state index in [4.69, 9.17) is 20.1 Å². The Morgan fingerprint density at radius 1 is 1.16 bits per heavy atom. The van der Waals surface area contributed by atoms with Crippen LogP contribution in [0.4, 0.5) is 4.79 Å². The quantitative estimate of drug-likeness (QED) is 0.0876. The highest BCUT2D eigenvalue weighted by atomic mass is 16.5. The summed E-state index contributed by atoms with van der Waals surface area (Å²) in [4.78, 5) is 38.3. The summed E-state index contributed by atoms with van der Waals surface area (Å²) in [6.07, 6.45) is -2.91. The van der Waals surface area contributed by atoms with Gasteiger partial charge in [0, 0.05) is 17.9 Å². The second-order valence-electron chi connectivity index (χ2n) is 8.25. The molecular formula is C23H31N5O9. The van der Waals surface area contributed by atoms with Crippen LogP contribution in [-0.2, 0) is 25.7 Å². The second kappa shape index (κ2) is 15.3. The average molecular weight is 522 g/mol. The summed E-state index contributed by atoms with van der Waals surface area (Å²) in [5.41, 5.74) is 9.73. The summed E-state index contributed by atoms with van der Waals surface area (Å²) >= 11 is 0. The van der Waals surface area contributed by atoms with Gasteiger partial charge in [0.15, 0.2) is 0 Å². The molecule has 0 saturated carbocycles. The maximum atomic E-state index is 12.5. The van der Waals surface area contributed by atoms with Crippen molar-refractivity contribution in [1.82, 2.24) is 10.6 Å². The molecule has 2 rings (SSSR count). The van der Waals surface area contributed by atoms with Crippen molar-refractivity contribution in [2.45, 2.75) is 62.7 Å². The molecule has 14 nitrogen and oxygen atoms in total. The number of alkyl carbamates (subject to hydrolysis) is 1. The number of unbranched alkanes of at least 4 members (excludes halogenated alkanes) is 2. The van der Waals surface area contributed by atoms with Crippen molar-refractivity contribution in [3.05, 3.63) is 58.2 Å². The number of carbonyl (C=O) groups excluding carboxylic acids is 2. The molecule has 202 valence electrons. The minimum absolute atomic E-state index is 0.0405. The van der Waals surface area contributed by atoms with Crippen LogP contribution in [0.5, 0.6) is 0 Å². The number of hydrogen-bond acceptors (Lipinski definition) is 9. The van der Waals surface area contributed by atoms with Gasteiger partial charge in [-0.1, -0.05) is 41.9 Å². The number of nitrogens with one attached hydrogen (secondary N) is 2.